The predicted octanol–water partition coefficient (Wildman–Crippen LogP) is 1.78. The first-order valence-electron chi connectivity index (χ1n) is 9.17. The Balaban J connectivity index is 1.61. The van der Waals surface area contributed by atoms with Gasteiger partial charge in [-0.3, -0.25) is 9.79 Å². The van der Waals surface area contributed by atoms with Gasteiger partial charge in [0, 0.05) is 42.6 Å². The molecular weight excluding hydrogens is 423 g/mol. The highest BCUT2D eigenvalue weighted by molar-refractivity contribution is 7.91. The molecule has 2 rings (SSSR count). The molecule has 0 spiro atoms. The van der Waals surface area contributed by atoms with E-state index in [2.05, 4.69) is 20.9 Å². The van der Waals surface area contributed by atoms with E-state index < -0.39 is 9.84 Å². The van der Waals surface area contributed by atoms with Crippen LogP contribution in [0.15, 0.2) is 23.2 Å². The SMILES string of the molecule is CN=C(NCCCc1ccc(Cl)cc1Cl)NCCC(=O)NC1CCS(=O)(=O)C1. The average molecular weight is 449 g/mol. The van der Waals surface area contributed by atoms with Crippen LogP contribution in [0.4, 0.5) is 0 Å². The van der Waals surface area contributed by atoms with Crippen molar-refractivity contribution in [3.63, 3.8) is 0 Å². The van der Waals surface area contributed by atoms with Gasteiger partial charge in [-0.25, -0.2) is 8.42 Å². The van der Waals surface area contributed by atoms with Crippen molar-refractivity contribution in [2.24, 2.45) is 4.99 Å². The summed E-state index contributed by atoms with van der Waals surface area (Å²) in [5.74, 6) is 0.627. The van der Waals surface area contributed by atoms with Gasteiger partial charge in [0.15, 0.2) is 15.8 Å². The van der Waals surface area contributed by atoms with Crippen molar-refractivity contribution in [1.29, 1.82) is 0 Å². The molecule has 28 heavy (non-hydrogen) atoms. The number of hydrogen-bond acceptors (Lipinski definition) is 4. The van der Waals surface area contributed by atoms with Crippen LogP contribution < -0.4 is 16.0 Å². The lowest BCUT2D eigenvalue weighted by atomic mass is 10.1. The van der Waals surface area contributed by atoms with Gasteiger partial charge in [0.25, 0.3) is 0 Å². The Labute approximate surface area is 176 Å². The summed E-state index contributed by atoms with van der Waals surface area (Å²) in [5.41, 5.74) is 1.04. The number of guanidine groups is 1. The maximum atomic E-state index is 11.9. The van der Waals surface area contributed by atoms with Gasteiger partial charge < -0.3 is 16.0 Å². The number of nitrogens with one attached hydrogen (secondary N) is 3. The van der Waals surface area contributed by atoms with Gasteiger partial charge in [-0.1, -0.05) is 29.3 Å². The quantitative estimate of drug-likeness (QED) is 0.319. The second-order valence-electron chi connectivity index (χ2n) is 6.68. The second kappa shape index (κ2) is 10.9. The van der Waals surface area contributed by atoms with E-state index in [1.165, 1.54) is 0 Å². The second-order valence-corrected chi connectivity index (χ2v) is 9.75. The normalized spacial score (nSPS) is 18.7. The zero-order valence-electron chi connectivity index (χ0n) is 15.8. The maximum absolute atomic E-state index is 11.9. The summed E-state index contributed by atoms with van der Waals surface area (Å²) in [6.07, 6.45) is 2.41. The molecular formula is C18H26Cl2N4O3S. The summed E-state index contributed by atoms with van der Waals surface area (Å²) in [5, 5.41) is 10.3. The molecule has 0 aliphatic carbocycles. The van der Waals surface area contributed by atoms with Crippen molar-refractivity contribution in [2.45, 2.75) is 31.7 Å². The van der Waals surface area contributed by atoms with E-state index in [0.29, 0.717) is 35.5 Å². The van der Waals surface area contributed by atoms with Crippen molar-refractivity contribution < 1.29 is 13.2 Å². The fraction of sp³-hybridized carbons (Fsp3) is 0.556. The van der Waals surface area contributed by atoms with E-state index in [0.717, 1.165) is 18.4 Å². The fourth-order valence-corrected chi connectivity index (χ4v) is 5.11. The van der Waals surface area contributed by atoms with Gasteiger partial charge in [-0.2, -0.15) is 0 Å². The topological polar surface area (TPSA) is 99.7 Å². The molecule has 156 valence electrons. The number of rotatable bonds is 8. The first-order valence-corrected chi connectivity index (χ1v) is 11.7. The Bertz CT molecular complexity index is 815. The van der Waals surface area contributed by atoms with Crippen LogP contribution in [0, 0.1) is 0 Å². The Morgan fingerprint density at radius 3 is 2.64 bits per heavy atom. The van der Waals surface area contributed by atoms with Crippen LogP contribution in [-0.2, 0) is 21.1 Å². The first kappa shape index (κ1) is 22.8. The van der Waals surface area contributed by atoms with Crippen LogP contribution in [0.1, 0.15) is 24.8 Å². The van der Waals surface area contributed by atoms with Gasteiger partial charge in [0.2, 0.25) is 5.91 Å². The monoisotopic (exact) mass is 448 g/mol. The minimum absolute atomic E-state index is 0.0348. The lowest BCUT2D eigenvalue weighted by Crippen LogP contribution is -2.41. The Morgan fingerprint density at radius 2 is 2.00 bits per heavy atom. The molecule has 1 aromatic carbocycles. The molecule has 1 aliphatic rings. The third-order valence-corrected chi connectivity index (χ3v) is 6.75. The predicted molar refractivity (Wildman–Crippen MR) is 114 cm³/mol. The molecule has 3 N–H and O–H groups in total. The first-order chi connectivity index (χ1) is 13.3. The van der Waals surface area contributed by atoms with Crippen molar-refractivity contribution >= 4 is 44.9 Å². The summed E-state index contributed by atoms with van der Waals surface area (Å²) < 4.78 is 22.8. The van der Waals surface area contributed by atoms with Gasteiger partial charge in [0.1, 0.15) is 0 Å². The molecule has 1 atom stereocenters. The molecule has 1 fully saturated rings. The minimum atomic E-state index is -2.99. The van der Waals surface area contributed by atoms with Crippen LogP contribution in [0.2, 0.25) is 10.0 Å². The molecule has 0 radical (unpaired) electrons. The van der Waals surface area contributed by atoms with E-state index in [9.17, 15) is 13.2 Å². The van der Waals surface area contributed by atoms with Gasteiger partial charge in [0.05, 0.1) is 11.5 Å². The number of hydrogen-bond donors (Lipinski definition) is 3. The number of amides is 1. The zero-order valence-corrected chi connectivity index (χ0v) is 18.1. The summed E-state index contributed by atoms with van der Waals surface area (Å²) >= 11 is 12.1. The number of carbonyl (C=O) groups is 1. The van der Waals surface area contributed by atoms with Crippen LogP contribution in [0.3, 0.4) is 0 Å². The highest BCUT2D eigenvalue weighted by Crippen LogP contribution is 2.21. The van der Waals surface area contributed by atoms with E-state index in [4.69, 9.17) is 23.2 Å². The third-order valence-electron chi connectivity index (χ3n) is 4.40. The molecule has 10 heteroatoms. The van der Waals surface area contributed by atoms with Crippen molar-refractivity contribution in [1.82, 2.24) is 16.0 Å². The Kier molecular flexibility index (Phi) is 8.85. The minimum Gasteiger partial charge on any atom is -0.356 e. The number of nitrogens with zero attached hydrogens (tertiary/aromatic N) is 1. The van der Waals surface area contributed by atoms with Gasteiger partial charge >= 0.3 is 0 Å². The third kappa shape index (κ3) is 7.85. The summed E-state index contributed by atoms with van der Waals surface area (Å²) in [7, 11) is -1.33. The van der Waals surface area contributed by atoms with E-state index >= 15 is 0 Å². The molecule has 0 bridgehead atoms. The zero-order chi connectivity index (χ0) is 20.6. The maximum Gasteiger partial charge on any atom is 0.222 e. The lowest BCUT2D eigenvalue weighted by molar-refractivity contribution is -0.121. The molecule has 0 saturated carbocycles. The number of halogens is 2. The van der Waals surface area contributed by atoms with Crippen LogP contribution in [0.5, 0.6) is 0 Å². The summed E-state index contributed by atoms with van der Waals surface area (Å²) in [6.45, 7) is 1.11. The van der Waals surface area contributed by atoms with Crippen LogP contribution in [0.25, 0.3) is 0 Å². The van der Waals surface area contributed by atoms with Crippen molar-refractivity contribution in [2.75, 3.05) is 31.6 Å². The van der Waals surface area contributed by atoms with Crippen molar-refractivity contribution in [3.05, 3.63) is 33.8 Å². The summed E-state index contributed by atoms with van der Waals surface area (Å²) in [6, 6.07) is 5.21. The molecule has 1 aliphatic heterocycles. The highest BCUT2D eigenvalue weighted by Gasteiger charge is 2.28. The van der Waals surface area contributed by atoms with E-state index in [1.807, 2.05) is 12.1 Å². The van der Waals surface area contributed by atoms with E-state index in [-0.39, 0.29) is 29.9 Å². The molecule has 0 aromatic heterocycles. The van der Waals surface area contributed by atoms with Crippen molar-refractivity contribution in [3.8, 4) is 0 Å². The van der Waals surface area contributed by atoms with E-state index in [1.54, 1.807) is 13.1 Å². The molecule has 7 nitrogen and oxygen atoms in total. The highest BCUT2D eigenvalue weighted by atomic mass is 35.5. The number of sulfone groups is 1. The molecule has 1 saturated heterocycles. The number of aliphatic imine (C=N–C) groups is 1. The molecule has 1 amide bonds. The van der Waals surface area contributed by atoms with Crippen LogP contribution in [-0.4, -0.2) is 58.0 Å². The smallest absolute Gasteiger partial charge is 0.222 e. The van der Waals surface area contributed by atoms with Gasteiger partial charge in [-0.15, -0.1) is 0 Å². The standard InChI is InChI=1S/C18H26Cl2N4O3S/c1-21-18(22-8-2-3-13-4-5-14(19)11-16(13)20)23-9-6-17(25)24-15-7-10-28(26,27)12-15/h4-5,11,15H,2-3,6-10,12H2,1H3,(H,24,25)(H2,21,22,23). The lowest BCUT2D eigenvalue weighted by Gasteiger charge is -2.13. The number of benzene rings is 1. The fourth-order valence-electron chi connectivity index (χ4n) is 2.93. The Hall–Kier alpha value is -1.51. The Morgan fingerprint density at radius 1 is 1.25 bits per heavy atom. The summed E-state index contributed by atoms with van der Waals surface area (Å²) in [4.78, 5) is 16.0. The average Bonchev–Trinajstić information content (AvgIpc) is 2.96. The molecule has 1 aromatic rings. The number of aryl methyl sites for hydroxylation is 1. The largest absolute Gasteiger partial charge is 0.356 e. The van der Waals surface area contributed by atoms with Crippen LogP contribution >= 0.6 is 23.2 Å². The molecule has 1 heterocycles. The van der Waals surface area contributed by atoms with Gasteiger partial charge in [-0.05, 0) is 37.0 Å². The number of carbonyl (C=O) groups excluding carboxylic acids is 1. The molecule has 1 unspecified atom stereocenters.